The summed E-state index contributed by atoms with van der Waals surface area (Å²) in [7, 11) is 0. The number of nitro groups is 1. The molecule has 0 bridgehead atoms. The van der Waals surface area contributed by atoms with Crippen molar-refractivity contribution in [3.8, 4) is 5.75 Å². The highest BCUT2D eigenvalue weighted by molar-refractivity contribution is 5.86. The summed E-state index contributed by atoms with van der Waals surface area (Å²) in [4.78, 5) is 9.64. The summed E-state index contributed by atoms with van der Waals surface area (Å²) < 4.78 is 0. The lowest BCUT2D eigenvalue weighted by Crippen LogP contribution is -1.95. The highest BCUT2D eigenvalue weighted by Gasteiger charge is 2.19. The van der Waals surface area contributed by atoms with Crippen LogP contribution in [-0.2, 0) is 0 Å². The third kappa shape index (κ3) is 1.13. The SMILES string of the molecule is O=[N+]([O-])c1nnc2ccccc2c1O. The van der Waals surface area contributed by atoms with E-state index in [2.05, 4.69) is 10.2 Å². The van der Waals surface area contributed by atoms with Crippen molar-refractivity contribution < 1.29 is 10.0 Å². The average Bonchev–Trinajstić information content (AvgIpc) is 2.18. The van der Waals surface area contributed by atoms with Gasteiger partial charge in [-0.2, -0.15) is 0 Å². The zero-order chi connectivity index (χ0) is 10.1. The largest absolute Gasteiger partial charge is 0.500 e. The zero-order valence-electron chi connectivity index (χ0n) is 6.91. The van der Waals surface area contributed by atoms with E-state index < -0.39 is 16.5 Å². The van der Waals surface area contributed by atoms with Gasteiger partial charge in [-0.15, -0.1) is 0 Å². The highest BCUT2D eigenvalue weighted by atomic mass is 16.6. The van der Waals surface area contributed by atoms with E-state index in [0.29, 0.717) is 10.9 Å². The van der Waals surface area contributed by atoms with Crippen molar-refractivity contribution in [2.45, 2.75) is 0 Å². The van der Waals surface area contributed by atoms with E-state index in [-0.39, 0.29) is 0 Å². The predicted octanol–water partition coefficient (Wildman–Crippen LogP) is 1.24. The minimum Gasteiger partial charge on any atom is -0.500 e. The minimum atomic E-state index is -0.769. The van der Waals surface area contributed by atoms with Crippen LogP contribution in [0.3, 0.4) is 0 Å². The first-order valence-corrected chi connectivity index (χ1v) is 3.79. The van der Waals surface area contributed by atoms with Crippen LogP contribution in [0.5, 0.6) is 5.75 Å². The number of aromatic hydroxyl groups is 1. The molecule has 0 radical (unpaired) electrons. The van der Waals surface area contributed by atoms with Crippen LogP contribution in [0.15, 0.2) is 24.3 Å². The number of hydrogen-bond acceptors (Lipinski definition) is 5. The lowest BCUT2D eigenvalue weighted by Gasteiger charge is -1.97. The molecule has 0 aliphatic carbocycles. The van der Waals surface area contributed by atoms with Crippen molar-refractivity contribution in [3.05, 3.63) is 34.4 Å². The molecule has 14 heavy (non-hydrogen) atoms. The number of hydrogen-bond donors (Lipinski definition) is 1. The van der Waals surface area contributed by atoms with Gasteiger partial charge in [-0.05, 0) is 22.2 Å². The molecule has 70 valence electrons. The molecule has 1 heterocycles. The molecule has 0 saturated heterocycles. The Bertz CT molecular complexity index is 512. The summed E-state index contributed by atoms with van der Waals surface area (Å²) in [5.74, 6) is -1.07. The van der Waals surface area contributed by atoms with E-state index >= 15 is 0 Å². The van der Waals surface area contributed by atoms with Gasteiger partial charge in [0.05, 0.1) is 10.5 Å². The van der Waals surface area contributed by atoms with Gasteiger partial charge in [0.2, 0.25) is 5.75 Å². The molecule has 6 nitrogen and oxygen atoms in total. The molecule has 0 atom stereocenters. The van der Waals surface area contributed by atoms with Crippen molar-refractivity contribution >= 4 is 16.7 Å². The van der Waals surface area contributed by atoms with Crippen LogP contribution in [-0.4, -0.2) is 20.2 Å². The van der Waals surface area contributed by atoms with Gasteiger partial charge in [0.25, 0.3) is 0 Å². The molecule has 2 rings (SSSR count). The number of rotatable bonds is 1. The van der Waals surface area contributed by atoms with Gasteiger partial charge in [0.1, 0.15) is 5.52 Å². The fourth-order valence-corrected chi connectivity index (χ4v) is 1.15. The quantitative estimate of drug-likeness (QED) is 0.541. The van der Waals surface area contributed by atoms with Crippen molar-refractivity contribution in [2.24, 2.45) is 0 Å². The maximum atomic E-state index is 10.4. The van der Waals surface area contributed by atoms with Crippen molar-refractivity contribution in [2.75, 3.05) is 0 Å². The van der Waals surface area contributed by atoms with Gasteiger partial charge in [-0.1, -0.05) is 12.1 Å². The number of benzene rings is 1. The van der Waals surface area contributed by atoms with Crippen LogP contribution in [0, 0.1) is 10.1 Å². The molecule has 0 amide bonds. The normalized spacial score (nSPS) is 10.3. The second-order valence-electron chi connectivity index (χ2n) is 2.65. The van der Waals surface area contributed by atoms with Gasteiger partial charge in [-0.25, -0.2) is 0 Å². The fraction of sp³-hybridized carbons (Fsp3) is 0. The summed E-state index contributed by atoms with van der Waals surface area (Å²) in [5.41, 5.74) is 0.426. The van der Waals surface area contributed by atoms with Gasteiger partial charge < -0.3 is 15.2 Å². The third-order valence-corrected chi connectivity index (χ3v) is 1.80. The molecule has 0 fully saturated rings. The van der Waals surface area contributed by atoms with E-state index in [1.54, 1.807) is 24.3 Å². The third-order valence-electron chi connectivity index (χ3n) is 1.80. The maximum Gasteiger partial charge on any atom is 0.433 e. The molecule has 0 spiro atoms. The lowest BCUT2D eigenvalue weighted by atomic mass is 10.2. The molecule has 6 heteroatoms. The average molecular weight is 191 g/mol. The Hall–Kier alpha value is -2.24. The van der Waals surface area contributed by atoms with Crippen molar-refractivity contribution in [3.63, 3.8) is 0 Å². The van der Waals surface area contributed by atoms with Gasteiger partial charge in [0.15, 0.2) is 0 Å². The monoisotopic (exact) mass is 191 g/mol. The van der Waals surface area contributed by atoms with Crippen LogP contribution in [0.1, 0.15) is 0 Å². The van der Waals surface area contributed by atoms with Gasteiger partial charge in [0, 0.05) is 0 Å². The molecule has 1 N–H and O–H groups in total. The lowest BCUT2D eigenvalue weighted by molar-refractivity contribution is -0.391. The summed E-state index contributed by atoms with van der Waals surface area (Å²) in [6.07, 6.45) is 0. The van der Waals surface area contributed by atoms with Crippen LogP contribution in [0.4, 0.5) is 5.82 Å². The second kappa shape index (κ2) is 2.91. The first-order valence-electron chi connectivity index (χ1n) is 3.79. The summed E-state index contributed by atoms with van der Waals surface area (Å²) in [6.45, 7) is 0. The van der Waals surface area contributed by atoms with Crippen LogP contribution < -0.4 is 0 Å². The number of nitrogens with zero attached hydrogens (tertiary/aromatic N) is 3. The number of aromatic nitrogens is 2. The molecule has 0 aliphatic rings. The fourth-order valence-electron chi connectivity index (χ4n) is 1.15. The minimum absolute atomic E-state index is 0.328. The summed E-state index contributed by atoms with van der Waals surface area (Å²) >= 11 is 0. The Labute approximate surface area is 78.0 Å². The zero-order valence-corrected chi connectivity index (χ0v) is 6.91. The second-order valence-corrected chi connectivity index (χ2v) is 2.65. The summed E-state index contributed by atoms with van der Waals surface area (Å²) in [5, 5.41) is 27.1. The first kappa shape index (κ1) is 8.36. The summed E-state index contributed by atoms with van der Waals surface area (Å²) in [6, 6.07) is 6.54. The molecule has 1 aromatic carbocycles. The van der Waals surface area contributed by atoms with E-state index in [1.165, 1.54) is 0 Å². The molecular formula is C8H5N3O3. The Morgan fingerprint density at radius 3 is 2.71 bits per heavy atom. The van der Waals surface area contributed by atoms with E-state index in [0.717, 1.165) is 0 Å². The molecule has 0 saturated carbocycles. The first-order chi connectivity index (χ1) is 6.70. The van der Waals surface area contributed by atoms with Crippen LogP contribution in [0.25, 0.3) is 10.9 Å². The van der Waals surface area contributed by atoms with Crippen molar-refractivity contribution in [1.82, 2.24) is 10.2 Å². The standard InChI is InChI=1S/C8H5N3O3/c12-7-5-3-1-2-4-6(5)9-10-8(7)11(13)14/h1-4H,(H,9,12). The molecule has 1 aromatic heterocycles. The van der Waals surface area contributed by atoms with E-state index in [1.807, 2.05) is 0 Å². The van der Waals surface area contributed by atoms with Crippen LogP contribution >= 0.6 is 0 Å². The molecule has 2 aromatic rings. The van der Waals surface area contributed by atoms with E-state index in [4.69, 9.17) is 0 Å². The Morgan fingerprint density at radius 1 is 1.29 bits per heavy atom. The Kier molecular flexibility index (Phi) is 1.74. The van der Waals surface area contributed by atoms with Gasteiger partial charge in [-0.3, -0.25) is 0 Å². The molecule has 0 unspecified atom stereocenters. The Morgan fingerprint density at radius 2 is 2.00 bits per heavy atom. The van der Waals surface area contributed by atoms with Crippen molar-refractivity contribution in [1.29, 1.82) is 0 Å². The van der Waals surface area contributed by atoms with Crippen LogP contribution in [0.2, 0.25) is 0 Å². The maximum absolute atomic E-state index is 10.4. The van der Waals surface area contributed by atoms with Gasteiger partial charge >= 0.3 is 5.82 Å². The molecule has 0 aliphatic heterocycles. The topological polar surface area (TPSA) is 89.2 Å². The highest BCUT2D eigenvalue weighted by Crippen LogP contribution is 2.29. The number of fused-ring (bicyclic) bond motifs is 1. The van der Waals surface area contributed by atoms with E-state index in [9.17, 15) is 15.2 Å². The smallest absolute Gasteiger partial charge is 0.433 e. The Balaban J connectivity index is 2.81. The molecular weight excluding hydrogens is 186 g/mol. The predicted molar refractivity (Wildman–Crippen MR) is 47.9 cm³/mol.